The standard InChI is InChI=1S/C10H13BrOS/c1-3-13-8-4-5-9(7(2)12)10(11)6-8/h4-7,12H,3H2,1-2H3. The molecule has 0 radical (unpaired) electrons. The van der Waals surface area contributed by atoms with Gasteiger partial charge >= 0.3 is 0 Å². The van der Waals surface area contributed by atoms with Crippen LogP contribution in [0.15, 0.2) is 27.6 Å². The van der Waals surface area contributed by atoms with Crippen LogP contribution in [0.25, 0.3) is 0 Å². The van der Waals surface area contributed by atoms with Crippen molar-refractivity contribution in [2.45, 2.75) is 24.8 Å². The summed E-state index contributed by atoms with van der Waals surface area (Å²) >= 11 is 5.24. The molecule has 0 aliphatic rings. The topological polar surface area (TPSA) is 20.2 Å². The van der Waals surface area contributed by atoms with Gasteiger partial charge in [0.15, 0.2) is 0 Å². The van der Waals surface area contributed by atoms with Crippen LogP contribution in [0.5, 0.6) is 0 Å². The lowest BCUT2D eigenvalue weighted by atomic mass is 10.1. The van der Waals surface area contributed by atoms with E-state index in [9.17, 15) is 5.11 Å². The summed E-state index contributed by atoms with van der Waals surface area (Å²) in [5, 5.41) is 9.39. The zero-order valence-corrected chi connectivity index (χ0v) is 10.2. The molecule has 0 bridgehead atoms. The lowest BCUT2D eigenvalue weighted by Gasteiger charge is -2.08. The Morgan fingerprint density at radius 3 is 2.69 bits per heavy atom. The van der Waals surface area contributed by atoms with Crippen LogP contribution in [0.4, 0.5) is 0 Å². The van der Waals surface area contributed by atoms with Crippen molar-refractivity contribution < 1.29 is 5.11 Å². The smallest absolute Gasteiger partial charge is 0.0772 e. The second kappa shape index (κ2) is 5.03. The maximum absolute atomic E-state index is 9.39. The van der Waals surface area contributed by atoms with E-state index in [0.717, 1.165) is 15.8 Å². The molecule has 0 aromatic heterocycles. The first-order chi connectivity index (χ1) is 6.15. The molecule has 0 aliphatic heterocycles. The Kier molecular flexibility index (Phi) is 4.29. The Morgan fingerprint density at radius 2 is 2.23 bits per heavy atom. The SMILES string of the molecule is CCSc1ccc(C(C)O)c(Br)c1. The summed E-state index contributed by atoms with van der Waals surface area (Å²) < 4.78 is 0.987. The predicted molar refractivity (Wildman–Crippen MR) is 61.2 cm³/mol. The number of aliphatic hydroxyl groups excluding tert-OH is 1. The van der Waals surface area contributed by atoms with Crippen LogP contribution in [0.1, 0.15) is 25.5 Å². The molecule has 0 amide bonds. The number of aliphatic hydroxyl groups is 1. The van der Waals surface area contributed by atoms with Crippen molar-refractivity contribution in [3.8, 4) is 0 Å². The molecule has 1 aromatic carbocycles. The van der Waals surface area contributed by atoms with Gasteiger partial charge in [-0.3, -0.25) is 0 Å². The minimum atomic E-state index is -0.407. The first kappa shape index (κ1) is 11.1. The van der Waals surface area contributed by atoms with Gasteiger partial charge in [-0.15, -0.1) is 11.8 Å². The average Bonchev–Trinajstić information content (AvgIpc) is 2.04. The van der Waals surface area contributed by atoms with Crippen LogP contribution >= 0.6 is 27.7 Å². The third-order valence-electron chi connectivity index (χ3n) is 1.73. The Bertz CT molecular complexity index is 286. The van der Waals surface area contributed by atoms with Crippen LogP contribution in [0.2, 0.25) is 0 Å². The minimum Gasteiger partial charge on any atom is -0.389 e. The monoisotopic (exact) mass is 260 g/mol. The Hall–Kier alpha value is 0.01000. The van der Waals surface area contributed by atoms with Crippen molar-refractivity contribution in [3.63, 3.8) is 0 Å². The van der Waals surface area contributed by atoms with Gasteiger partial charge in [0.2, 0.25) is 0 Å². The van der Waals surface area contributed by atoms with Gasteiger partial charge in [0, 0.05) is 9.37 Å². The van der Waals surface area contributed by atoms with E-state index in [0.29, 0.717) is 0 Å². The maximum Gasteiger partial charge on any atom is 0.0772 e. The van der Waals surface area contributed by atoms with Gasteiger partial charge < -0.3 is 5.11 Å². The number of thioether (sulfide) groups is 1. The molecular weight excluding hydrogens is 248 g/mol. The Balaban J connectivity index is 2.92. The van der Waals surface area contributed by atoms with E-state index in [-0.39, 0.29) is 0 Å². The van der Waals surface area contributed by atoms with E-state index in [2.05, 4.69) is 28.9 Å². The van der Waals surface area contributed by atoms with Crippen molar-refractivity contribution >= 4 is 27.7 Å². The van der Waals surface area contributed by atoms with Gasteiger partial charge in [-0.2, -0.15) is 0 Å². The molecule has 72 valence electrons. The van der Waals surface area contributed by atoms with Crippen LogP contribution in [0.3, 0.4) is 0 Å². The summed E-state index contributed by atoms with van der Waals surface area (Å²) in [5.41, 5.74) is 0.945. The van der Waals surface area contributed by atoms with Crippen molar-refractivity contribution in [3.05, 3.63) is 28.2 Å². The van der Waals surface area contributed by atoms with Crippen molar-refractivity contribution in [2.75, 3.05) is 5.75 Å². The second-order valence-corrected chi connectivity index (χ2v) is 4.98. The normalized spacial score (nSPS) is 12.9. The number of halogens is 1. The fourth-order valence-electron chi connectivity index (χ4n) is 1.10. The highest BCUT2D eigenvalue weighted by atomic mass is 79.9. The molecule has 1 aromatic rings. The van der Waals surface area contributed by atoms with E-state index in [4.69, 9.17) is 0 Å². The summed E-state index contributed by atoms with van der Waals surface area (Å²) in [6.07, 6.45) is -0.407. The minimum absolute atomic E-state index is 0.407. The first-order valence-electron chi connectivity index (χ1n) is 4.25. The van der Waals surface area contributed by atoms with Gasteiger partial charge in [0.25, 0.3) is 0 Å². The fraction of sp³-hybridized carbons (Fsp3) is 0.400. The molecule has 1 unspecified atom stereocenters. The van der Waals surface area contributed by atoms with Gasteiger partial charge in [-0.1, -0.05) is 28.9 Å². The second-order valence-electron chi connectivity index (χ2n) is 2.79. The van der Waals surface area contributed by atoms with E-state index in [1.54, 1.807) is 18.7 Å². The van der Waals surface area contributed by atoms with E-state index in [1.807, 2.05) is 12.1 Å². The molecule has 1 atom stereocenters. The zero-order chi connectivity index (χ0) is 9.84. The van der Waals surface area contributed by atoms with Crippen LogP contribution in [0, 0.1) is 0 Å². The van der Waals surface area contributed by atoms with Gasteiger partial charge in [0.1, 0.15) is 0 Å². The molecule has 0 saturated heterocycles. The summed E-state index contributed by atoms with van der Waals surface area (Å²) in [7, 11) is 0. The van der Waals surface area contributed by atoms with Gasteiger partial charge in [0.05, 0.1) is 6.10 Å². The van der Waals surface area contributed by atoms with Crippen LogP contribution < -0.4 is 0 Å². The third-order valence-corrected chi connectivity index (χ3v) is 3.30. The lowest BCUT2D eigenvalue weighted by molar-refractivity contribution is 0.198. The maximum atomic E-state index is 9.39. The highest BCUT2D eigenvalue weighted by Gasteiger charge is 2.06. The first-order valence-corrected chi connectivity index (χ1v) is 6.03. The van der Waals surface area contributed by atoms with E-state index < -0.39 is 6.10 Å². The number of rotatable bonds is 3. The van der Waals surface area contributed by atoms with Crippen molar-refractivity contribution in [2.24, 2.45) is 0 Å². The van der Waals surface area contributed by atoms with E-state index in [1.165, 1.54) is 4.90 Å². The summed E-state index contributed by atoms with van der Waals surface area (Å²) in [4.78, 5) is 1.23. The summed E-state index contributed by atoms with van der Waals surface area (Å²) in [5.74, 6) is 1.07. The average molecular weight is 261 g/mol. The van der Waals surface area contributed by atoms with Crippen molar-refractivity contribution in [1.82, 2.24) is 0 Å². The number of hydrogen-bond acceptors (Lipinski definition) is 2. The highest BCUT2D eigenvalue weighted by Crippen LogP contribution is 2.28. The molecule has 0 spiro atoms. The van der Waals surface area contributed by atoms with E-state index >= 15 is 0 Å². The number of benzene rings is 1. The predicted octanol–water partition coefficient (Wildman–Crippen LogP) is 3.61. The number of hydrogen-bond donors (Lipinski definition) is 1. The lowest BCUT2D eigenvalue weighted by Crippen LogP contribution is -1.92. The summed E-state index contributed by atoms with van der Waals surface area (Å²) in [6, 6.07) is 6.06. The zero-order valence-electron chi connectivity index (χ0n) is 7.75. The molecular formula is C10H13BrOS. The largest absolute Gasteiger partial charge is 0.389 e. The van der Waals surface area contributed by atoms with Crippen LogP contribution in [-0.2, 0) is 0 Å². The molecule has 0 aliphatic carbocycles. The Labute approximate surface area is 91.7 Å². The molecule has 1 nitrogen and oxygen atoms in total. The van der Waals surface area contributed by atoms with Crippen LogP contribution in [-0.4, -0.2) is 10.9 Å². The molecule has 0 fully saturated rings. The third kappa shape index (κ3) is 3.01. The summed E-state index contributed by atoms with van der Waals surface area (Å²) in [6.45, 7) is 3.90. The molecule has 3 heteroatoms. The molecule has 1 rings (SSSR count). The molecule has 0 saturated carbocycles. The van der Waals surface area contributed by atoms with Gasteiger partial charge in [-0.05, 0) is 30.4 Å². The molecule has 1 N–H and O–H groups in total. The highest BCUT2D eigenvalue weighted by molar-refractivity contribution is 9.10. The Morgan fingerprint density at radius 1 is 1.54 bits per heavy atom. The van der Waals surface area contributed by atoms with Crippen molar-refractivity contribution in [1.29, 1.82) is 0 Å². The quantitative estimate of drug-likeness (QED) is 0.839. The van der Waals surface area contributed by atoms with Gasteiger partial charge in [-0.25, -0.2) is 0 Å². The molecule has 0 heterocycles. The fourth-order valence-corrected chi connectivity index (χ4v) is 2.66. The molecule has 13 heavy (non-hydrogen) atoms.